The van der Waals surface area contributed by atoms with Gasteiger partial charge in [-0.1, -0.05) is 0 Å². The monoisotopic (exact) mass is 182 g/mol. The predicted octanol–water partition coefficient (Wildman–Crippen LogP) is -1.62. The van der Waals surface area contributed by atoms with Gasteiger partial charge in [-0.05, 0) is 0 Å². The first-order valence-electron chi connectivity index (χ1n) is 0.565. The van der Waals surface area contributed by atoms with Crippen molar-refractivity contribution in [3.63, 3.8) is 0 Å². The summed E-state index contributed by atoms with van der Waals surface area (Å²) in [6.07, 6.45) is 0. The maximum Gasteiger partial charge on any atom is 0 e. The molecular weight excluding hydrogens is 180 g/mol. The molecule has 0 heterocycles. The molecule has 0 saturated carbocycles. The van der Waals surface area contributed by atoms with Gasteiger partial charge in [0.25, 0.3) is 0 Å². The second-order valence-electron chi connectivity index (χ2n) is 0.238. The van der Waals surface area contributed by atoms with Crippen molar-refractivity contribution in [2.24, 2.45) is 0 Å². The Bertz CT molecular complexity index is 55.9. The van der Waals surface area contributed by atoms with E-state index in [9.17, 15) is 0 Å². The van der Waals surface area contributed by atoms with E-state index in [1.165, 1.54) is 0 Å². The normalized spacial score (nSPS) is 4.17. The minimum absolute atomic E-state index is 0. The zero-order valence-electron chi connectivity index (χ0n) is 2.92. The maximum absolute atomic E-state index is 8.67. The van der Waals surface area contributed by atoms with Gasteiger partial charge in [-0.25, -0.2) is 0 Å². The van der Waals surface area contributed by atoms with Crippen LogP contribution >= 0.6 is 0 Å². The SMILES string of the molecule is O.[O]=[V](=[O])[OH].[Zn]. The van der Waals surface area contributed by atoms with Crippen LogP contribution in [0.3, 0.4) is 0 Å². The van der Waals surface area contributed by atoms with Crippen LogP contribution in [-0.2, 0) is 42.2 Å². The summed E-state index contributed by atoms with van der Waals surface area (Å²) in [5, 5.41) is 0. The van der Waals surface area contributed by atoms with Crippen LogP contribution in [0.1, 0.15) is 0 Å². The van der Waals surface area contributed by atoms with Crippen molar-refractivity contribution in [2.45, 2.75) is 0 Å². The van der Waals surface area contributed by atoms with Crippen LogP contribution in [0.25, 0.3) is 0 Å². The van der Waals surface area contributed by atoms with E-state index >= 15 is 0 Å². The summed E-state index contributed by atoms with van der Waals surface area (Å²) < 4.78 is 24.4. The van der Waals surface area contributed by atoms with Gasteiger partial charge in [-0.2, -0.15) is 0 Å². The van der Waals surface area contributed by atoms with E-state index < -0.39 is 15.4 Å². The van der Waals surface area contributed by atoms with E-state index in [0.717, 1.165) is 0 Å². The molecule has 0 radical (unpaired) electrons. The Kier molecular flexibility index (Phi) is 24.4. The molecule has 0 aliphatic rings. The standard InChI is InChI=1S/2H2O.2O.V.Zn/h2*1H2;;;;/q;;;;+1;/p-1. The van der Waals surface area contributed by atoms with Gasteiger partial charge in [0, 0.05) is 19.5 Å². The van der Waals surface area contributed by atoms with E-state index in [0.29, 0.717) is 0 Å². The molecule has 0 fully saturated rings. The van der Waals surface area contributed by atoms with Gasteiger partial charge < -0.3 is 5.48 Å². The van der Waals surface area contributed by atoms with Crippen LogP contribution in [0.4, 0.5) is 0 Å². The maximum atomic E-state index is 8.67. The van der Waals surface area contributed by atoms with E-state index in [2.05, 4.69) is 0 Å². The molecule has 0 amide bonds. The van der Waals surface area contributed by atoms with Crippen LogP contribution in [0.5, 0.6) is 0 Å². The van der Waals surface area contributed by atoms with Gasteiger partial charge in [-0.15, -0.1) is 0 Å². The van der Waals surface area contributed by atoms with Crippen LogP contribution in [0.2, 0.25) is 0 Å². The third-order valence-electron chi connectivity index (χ3n) is 0. The molecule has 0 aromatic rings. The van der Waals surface area contributed by atoms with Crippen molar-refractivity contribution in [1.29, 1.82) is 0 Å². The van der Waals surface area contributed by atoms with Crippen LogP contribution in [0.15, 0.2) is 0 Å². The minimum Gasteiger partial charge on any atom is 0 e. The Morgan fingerprint density at radius 3 is 1.33 bits per heavy atom. The first-order valence-corrected chi connectivity index (χ1v) is 2.33. The van der Waals surface area contributed by atoms with Gasteiger partial charge in [0.15, 0.2) is 0 Å². The molecule has 0 aromatic heterocycles. The minimum atomic E-state index is -3.69. The van der Waals surface area contributed by atoms with Crippen molar-refractivity contribution >= 4 is 0 Å². The molecule has 3 N–H and O–H groups in total. The second-order valence-corrected chi connectivity index (χ2v) is 0.981. The summed E-state index contributed by atoms with van der Waals surface area (Å²) in [4.78, 5) is 0. The van der Waals surface area contributed by atoms with E-state index in [-0.39, 0.29) is 25.0 Å². The zero-order chi connectivity index (χ0) is 3.58. The largest absolute Gasteiger partial charge is 0 e. The Balaban J connectivity index is -0.0000000450. The quantitative estimate of drug-likeness (QED) is 0.458. The van der Waals surface area contributed by atoms with E-state index in [4.69, 9.17) is 11.4 Å². The van der Waals surface area contributed by atoms with E-state index in [1.807, 2.05) is 0 Å². The summed E-state index contributed by atoms with van der Waals surface area (Å²) in [6.45, 7) is 0. The smallest absolute Gasteiger partial charge is 0 e. The van der Waals surface area contributed by atoms with Gasteiger partial charge in [0.05, 0.1) is 0 Å². The summed E-state index contributed by atoms with van der Waals surface area (Å²) in [7, 11) is 0. The molecule has 6 heavy (non-hydrogen) atoms. The summed E-state index contributed by atoms with van der Waals surface area (Å²) >= 11 is -3.69. The predicted molar refractivity (Wildman–Crippen MR) is 7.21 cm³/mol. The molecule has 0 aliphatic carbocycles. The van der Waals surface area contributed by atoms with Crippen LogP contribution in [-0.4, -0.2) is 9.51 Å². The third kappa shape index (κ3) is 124. The van der Waals surface area contributed by atoms with Crippen molar-refractivity contribution in [2.75, 3.05) is 0 Å². The average Bonchev–Trinajstić information content (AvgIpc) is 0.811. The fourth-order valence-corrected chi connectivity index (χ4v) is 0. The number of rotatable bonds is 0. The molecule has 0 rings (SSSR count). The molecule has 0 bridgehead atoms. The van der Waals surface area contributed by atoms with Crippen molar-refractivity contribution < 1.29 is 51.7 Å². The molecule has 0 aliphatic heterocycles. The van der Waals surface area contributed by atoms with Gasteiger partial charge in [0.2, 0.25) is 0 Å². The van der Waals surface area contributed by atoms with Crippen molar-refractivity contribution in [3.05, 3.63) is 0 Å². The Labute approximate surface area is 52.0 Å². The zero-order valence-corrected chi connectivity index (χ0v) is 7.28. The molecule has 0 atom stereocenters. The fourth-order valence-electron chi connectivity index (χ4n) is 0. The fraction of sp³-hybridized carbons (Fsp3) is 0. The molecule has 0 unspecified atom stereocenters. The third-order valence-corrected chi connectivity index (χ3v) is 0. The van der Waals surface area contributed by atoms with Gasteiger partial charge >= 0.3 is 26.8 Å². The summed E-state index contributed by atoms with van der Waals surface area (Å²) in [5.41, 5.74) is 0. The van der Waals surface area contributed by atoms with Crippen LogP contribution < -0.4 is 0 Å². The first-order chi connectivity index (χ1) is 1.73. The summed E-state index contributed by atoms with van der Waals surface area (Å²) in [6, 6.07) is 0. The van der Waals surface area contributed by atoms with E-state index in [1.54, 1.807) is 0 Å². The van der Waals surface area contributed by atoms with Crippen LogP contribution in [0, 0.1) is 0 Å². The first kappa shape index (κ1) is 15.9. The number of hydrogen-bond acceptors (Lipinski definition) is 2. The second kappa shape index (κ2) is 9.21. The molecule has 0 saturated heterocycles. The Morgan fingerprint density at radius 2 is 1.33 bits per heavy atom. The number of hydrogen-bond donors (Lipinski definition) is 1. The van der Waals surface area contributed by atoms with Crippen molar-refractivity contribution in [1.82, 2.24) is 0 Å². The molecule has 34 valence electrons. The van der Waals surface area contributed by atoms with Gasteiger partial charge in [-0.3, -0.25) is 0 Å². The average molecular weight is 183 g/mol. The van der Waals surface area contributed by atoms with Crippen molar-refractivity contribution in [3.8, 4) is 0 Å². The molecular formula is H3O4VZn. The Hall–Kier alpha value is 0.728. The molecule has 0 aromatic carbocycles. The topological polar surface area (TPSA) is 85.9 Å². The molecule has 6 heteroatoms. The van der Waals surface area contributed by atoms with Gasteiger partial charge in [0.1, 0.15) is 0 Å². The molecule has 4 nitrogen and oxygen atoms in total. The molecule has 0 spiro atoms. The Morgan fingerprint density at radius 1 is 1.33 bits per heavy atom. The summed E-state index contributed by atoms with van der Waals surface area (Å²) in [5.74, 6) is 0.